The predicted molar refractivity (Wildman–Crippen MR) is 111 cm³/mol. The quantitative estimate of drug-likeness (QED) is 0.581. The Balaban J connectivity index is 1.79. The number of halogens is 1. The van der Waals surface area contributed by atoms with E-state index in [0.29, 0.717) is 28.6 Å². The summed E-state index contributed by atoms with van der Waals surface area (Å²) in [6, 6.07) is 9.26. The Kier molecular flexibility index (Phi) is 4.95. The van der Waals surface area contributed by atoms with E-state index in [-0.39, 0.29) is 11.9 Å². The number of thiophene rings is 1. The molecule has 0 bridgehead atoms. The highest BCUT2D eigenvalue weighted by atomic mass is 35.5. The lowest BCUT2D eigenvalue weighted by Gasteiger charge is -2.21. The number of aromatic nitrogens is 1. The number of pyridine rings is 1. The third-order valence-electron chi connectivity index (χ3n) is 4.70. The molecule has 0 radical (unpaired) electrons. The highest BCUT2D eigenvalue weighted by molar-refractivity contribution is 7.12. The topological polar surface area (TPSA) is 64.0 Å². The molecule has 8 heteroatoms. The summed E-state index contributed by atoms with van der Waals surface area (Å²) in [4.78, 5) is 17.8. The molecule has 144 valence electrons. The number of fused-ring (bicyclic) bond motifs is 1. The van der Waals surface area contributed by atoms with Gasteiger partial charge >= 0.3 is 0 Å². The minimum atomic E-state index is -0.299. The number of amides is 1. The van der Waals surface area contributed by atoms with Crippen LogP contribution in [0.25, 0.3) is 10.9 Å². The van der Waals surface area contributed by atoms with Crippen molar-refractivity contribution >= 4 is 45.5 Å². The molecule has 0 saturated heterocycles. The zero-order valence-electron chi connectivity index (χ0n) is 15.6. The maximum Gasteiger partial charge on any atom is 0.240 e. The zero-order valence-corrected chi connectivity index (χ0v) is 17.2. The summed E-state index contributed by atoms with van der Waals surface area (Å²) in [6.45, 7) is 1.50. The molecule has 0 spiro atoms. The largest absolute Gasteiger partial charge is 0.493 e. The molecule has 0 saturated carbocycles. The Morgan fingerprint density at radius 3 is 2.64 bits per heavy atom. The normalized spacial score (nSPS) is 16.4. The third-order valence-corrected chi connectivity index (χ3v) is 5.92. The maximum atomic E-state index is 12.2. The first-order valence-corrected chi connectivity index (χ1v) is 9.91. The number of hydrazone groups is 1. The number of nitrogens with zero attached hydrogens (tertiary/aromatic N) is 3. The lowest BCUT2D eigenvalue weighted by Crippen LogP contribution is -2.24. The van der Waals surface area contributed by atoms with Crippen LogP contribution < -0.4 is 9.47 Å². The summed E-state index contributed by atoms with van der Waals surface area (Å²) in [6.07, 6.45) is 0.584. The Bertz CT molecular complexity index is 1080. The van der Waals surface area contributed by atoms with Gasteiger partial charge in [0.1, 0.15) is 5.15 Å². The molecule has 1 aliphatic rings. The number of benzene rings is 1. The van der Waals surface area contributed by atoms with Crippen molar-refractivity contribution in [3.8, 4) is 11.5 Å². The molecule has 1 aliphatic heterocycles. The fourth-order valence-corrected chi connectivity index (χ4v) is 4.35. The number of hydrogen-bond acceptors (Lipinski definition) is 6. The second-order valence-corrected chi connectivity index (χ2v) is 7.68. The van der Waals surface area contributed by atoms with Crippen LogP contribution in [0.2, 0.25) is 5.15 Å². The number of ether oxygens (including phenoxy) is 2. The summed E-state index contributed by atoms with van der Waals surface area (Å²) in [5, 5.41) is 9.23. The minimum absolute atomic E-state index is 0.139. The number of rotatable bonds is 4. The smallest absolute Gasteiger partial charge is 0.240 e. The van der Waals surface area contributed by atoms with E-state index in [1.165, 1.54) is 11.9 Å². The van der Waals surface area contributed by atoms with Crippen molar-refractivity contribution < 1.29 is 14.3 Å². The van der Waals surface area contributed by atoms with Crippen LogP contribution in [0.5, 0.6) is 11.5 Å². The fraction of sp³-hybridized carbons (Fsp3) is 0.250. The molecule has 3 aromatic rings. The van der Waals surface area contributed by atoms with E-state index in [2.05, 4.69) is 10.1 Å². The second kappa shape index (κ2) is 7.41. The molecule has 28 heavy (non-hydrogen) atoms. The summed E-state index contributed by atoms with van der Waals surface area (Å²) in [7, 11) is 3.16. The summed E-state index contributed by atoms with van der Waals surface area (Å²) < 4.78 is 10.7. The molecule has 6 nitrogen and oxygen atoms in total. The lowest BCUT2D eigenvalue weighted by molar-refractivity contribution is -0.130. The van der Waals surface area contributed by atoms with Gasteiger partial charge in [-0.2, -0.15) is 5.10 Å². The number of hydrogen-bond donors (Lipinski definition) is 0. The molecular weight excluding hydrogens is 398 g/mol. The van der Waals surface area contributed by atoms with Crippen LogP contribution in [0.3, 0.4) is 0 Å². The van der Waals surface area contributed by atoms with Gasteiger partial charge in [-0.25, -0.2) is 9.99 Å². The summed E-state index contributed by atoms with van der Waals surface area (Å²) >= 11 is 8.12. The van der Waals surface area contributed by atoms with E-state index in [1.807, 2.05) is 29.6 Å². The predicted octanol–water partition coefficient (Wildman–Crippen LogP) is 4.66. The van der Waals surface area contributed by atoms with Crippen molar-refractivity contribution in [3.63, 3.8) is 0 Å². The van der Waals surface area contributed by atoms with Gasteiger partial charge in [-0.1, -0.05) is 17.7 Å². The molecule has 3 heterocycles. The van der Waals surface area contributed by atoms with Crippen LogP contribution in [0.4, 0.5) is 0 Å². The van der Waals surface area contributed by atoms with Crippen LogP contribution in [0, 0.1) is 0 Å². The molecule has 4 rings (SSSR count). The molecule has 0 aliphatic carbocycles. The van der Waals surface area contributed by atoms with Gasteiger partial charge in [0.15, 0.2) is 11.5 Å². The van der Waals surface area contributed by atoms with E-state index >= 15 is 0 Å². The van der Waals surface area contributed by atoms with E-state index in [0.717, 1.165) is 21.5 Å². The van der Waals surface area contributed by atoms with Crippen molar-refractivity contribution in [1.82, 2.24) is 9.99 Å². The average Bonchev–Trinajstić information content (AvgIpc) is 3.36. The van der Waals surface area contributed by atoms with Crippen molar-refractivity contribution in [2.24, 2.45) is 5.10 Å². The van der Waals surface area contributed by atoms with Crippen molar-refractivity contribution in [2.75, 3.05) is 14.2 Å². The van der Waals surface area contributed by atoms with Gasteiger partial charge in [-0.05, 0) is 23.6 Å². The number of carbonyl (C=O) groups excluding carboxylic acids is 1. The first-order chi connectivity index (χ1) is 13.5. The minimum Gasteiger partial charge on any atom is -0.493 e. The average molecular weight is 416 g/mol. The molecule has 0 N–H and O–H groups in total. The Hall–Kier alpha value is -2.64. The van der Waals surface area contributed by atoms with E-state index < -0.39 is 0 Å². The summed E-state index contributed by atoms with van der Waals surface area (Å²) in [5.74, 6) is 1.05. The fourth-order valence-electron chi connectivity index (χ4n) is 3.36. The Labute approximate surface area is 171 Å². The Morgan fingerprint density at radius 2 is 2.00 bits per heavy atom. The van der Waals surface area contributed by atoms with Gasteiger partial charge in [-0.15, -0.1) is 11.3 Å². The van der Waals surface area contributed by atoms with Crippen LogP contribution >= 0.6 is 22.9 Å². The summed E-state index contributed by atoms with van der Waals surface area (Å²) in [5.41, 5.74) is 2.32. The maximum absolute atomic E-state index is 12.2. The monoisotopic (exact) mass is 415 g/mol. The van der Waals surface area contributed by atoms with Gasteiger partial charge in [0.05, 0.1) is 36.4 Å². The van der Waals surface area contributed by atoms with Gasteiger partial charge in [-0.3, -0.25) is 4.79 Å². The van der Waals surface area contributed by atoms with Crippen molar-refractivity contribution in [1.29, 1.82) is 0 Å². The molecule has 0 fully saturated rings. The third kappa shape index (κ3) is 3.21. The Morgan fingerprint density at radius 1 is 1.25 bits per heavy atom. The molecule has 1 aromatic carbocycles. The first-order valence-electron chi connectivity index (χ1n) is 8.65. The highest BCUT2D eigenvalue weighted by Gasteiger charge is 2.33. The van der Waals surface area contributed by atoms with Gasteiger partial charge in [0, 0.05) is 30.4 Å². The van der Waals surface area contributed by atoms with Crippen molar-refractivity contribution in [2.45, 2.75) is 19.4 Å². The second-order valence-electron chi connectivity index (χ2n) is 6.38. The SMILES string of the molecule is COc1cc2cc(C3CC(c4cccs4)=NN3C(C)=O)c(Cl)nc2cc1OC. The van der Waals surface area contributed by atoms with Crippen molar-refractivity contribution in [3.05, 3.63) is 51.3 Å². The lowest BCUT2D eigenvalue weighted by atomic mass is 10.0. The van der Waals surface area contributed by atoms with Crippen LogP contribution in [0.15, 0.2) is 40.8 Å². The highest BCUT2D eigenvalue weighted by Crippen LogP contribution is 2.39. The number of carbonyl (C=O) groups is 1. The van der Waals surface area contributed by atoms with Gasteiger partial charge < -0.3 is 9.47 Å². The van der Waals surface area contributed by atoms with Crippen LogP contribution in [0.1, 0.15) is 29.8 Å². The van der Waals surface area contributed by atoms with E-state index in [4.69, 9.17) is 21.1 Å². The van der Waals surface area contributed by atoms with E-state index in [9.17, 15) is 4.79 Å². The van der Waals surface area contributed by atoms with Crippen LogP contribution in [-0.2, 0) is 4.79 Å². The zero-order chi connectivity index (χ0) is 19.8. The van der Waals surface area contributed by atoms with Gasteiger partial charge in [0.2, 0.25) is 5.91 Å². The molecular formula is C20H18ClN3O3S. The van der Waals surface area contributed by atoms with E-state index in [1.54, 1.807) is 31.6 Å². The van der Waals surface area contributed by atoms with Gasteiger partial charge in [0.25, 0.3) is 0 Å². The molecule has 1 unspecified atom stereocenters. The molecule has 2 aromatic heterocycles. The van der Waals surface area contributed by atoms with Crippen LogP contribution in [-0.4, -0.2) is 35.8 Å². The molecule has 1 atom stereocenters. The first kappa shape index (κ1) is 18.7. The molecule has 1 amide bonds. The number of methoxy groups -OCH3 is 2. The standard InChI is InChI=1S/C20H18ClN3O3S/c1-11(25)24-16(9-15(23-24)19-5-4-6-28-19)13-7-12-8-17(26-2)18(27-3)10-14(12)22-20(13)21/h4-8,10,16H,9H2,1-3H3.